The highest BCUT2D eigenvalue weighted by atomic mass is 16.5. The molecule has 1 fully saturated rings. The van der Waals surface area contributed by atoms with Crippen molar-refractivity contribution in [2.75, 3.05) is 19.7 Å². The van der Waals surface area contributed by atoms with Gasteiger partial charge in [-0.05, 0) is 44.0 Å². The highest BCUT2D eigenvalue weighted by molar-refractivity contribution is 5.76. The van der Waals surface area contributed by atoms with Crippen LogP contribution in [0, 0.1) is 6.92 Å². The number of ether oxygens (including phenoxy) is 1. The number of aryl methyl sites for hydroxylation is 1. The summed E-state index contributed by atoms with van der Waals surface area (Å²) in [4.78, 5) is 19.0. The minimum atomic E-state index is 0.118. The number of fused-ring (bicyclic) bond motifs is 1. The summed E-state index contributed by atoms with van der Waals surface area (Å²) in [6, 6.07) is 15.4. The molecule has 8 heteroatoms. The van der Waals surface area contributed by atoms with Crippen LogP contribution in [0.25, 0.3) is 17.2 Å². The predicted octanol–water partition coefficient (Wildman–Crippen LogP) is 3.87. The second kappa shape index (κ2) is 8.82. The number of rotatable bonds is 6. The van der Waals surface area contributed by atoms with E-state index in [4.69, 9.17) is 9.15 Å². The van der Waals surface area contributed by atoms with Gasteiger partial charge in [-0.1, -0.05) is 24.3 Å². The van der Waals surface area contributed by atoms with Crippen LogP contribution >= 0.6 is 0 Å². The van der Waals surface area contributed by atoms with Crippen molar-refractivity contribution < 1.29 is 13.9 Å². The van der Waals surface area contributed by atoms with Crippen molar-refractivity contribution in [3.63, 3.8) is 0 Å². The van der Waals surface area contributed by atoms with E-state index in [0.29, 0.717) is 37.9 Å². The van der Waals surface area contributed by atoms with Crippen molar-refractivity contribution in [1.82, 2.24) is 24.5 Å². The molecule has 164 valence electrons. The van der Waals surface area contributed by atoms with E-state index in [2.05, 4.69) is 15.2 Å². The van der Waals surface area contributed by atoms with Gasteiger partial charge in [0.25, 0.3) is 5.89 Å². The summed E-state index contributed by atoms with van der Waals surface area (Å²) in [7, 11) is 0. The van der Waals surface area contributed by atoms with Crippen molar-refractivity contribution >= 4 is 11.6 Å². The first-order valence-electron chi connectivity index (χ1n) is 10.9. The molecule has 1 aromatic carbocycles. The number of piperidine rings is 1. The quantitative estimate of drug-likeness (QED) is 0.461. The Labute approximate surface area is 185 Å². The molecule has 1 aliphatic heterocycles. The van der Waals surface area contributed by atoms with E-state index < -0.39 is 0 Å². The number of imidazole rings is 1. The van der Waals surface area contributed by atoms with Crippen molar-refractivity contribution in [1.29, 1.82) is 0 Å². The fourth-order valence-electron chi connectivity index (χ4n) is 4.17. The van der Waals surface area contributed by atoms with Crippen LogP contribution in [-0.2, 0) is 4.79 Å². The van der Waals surface area contributed by atoms with Crippen LogP contribution in [-0.4, -0.2) is 50.1 Å². The van der Waals surface area contributed by atoms with Gasteiger partial charge in [-0.25, -0.2) is 4.98 Å². The summed E-state index contributed by atoms with van der Waals surface area (Å²) in [6.07, 6.45) is 3.93. The maximum atomic E-state index is 12.5. The molecule has 1 amide bonds. The van der Waals surface area contributed by atoms with Gasteiger partial charge in [0, 0.05) is 25.2 Å². The van der Waals surface area contributed by atoms with Gasteiger partial charge in [0.2, 0.25) is 11.8 Å². The number of pyridine rings is 1. The lowest BCUT2D eigenvalue weighted by atomic mass is 9.96. The number of likely N-dealkylation sites (tertiary alicyclic amines) is 1. The van der Waals surface area contributed by atoms with Crippen molar-refractivity contribution in [3.05, 3.63) is 66.3 Å². The van der Waals surface area contributed by atoms with Crippen LogP contribution in [0.2, 0.25) is 0 Å². The maximum absolute atomic E-state index is 12.5. The minimum Gasteiger partial charge on any atom is -0.493 e. The second-order valence-corrected chi connectivity index (χ2v) is 7.99. The Morgan fingerprint density at radius 2 is 1.88 bits per heavy atom. The Balaban J connectivity index is 1.18. The molecule has 0 saturated carbocycles. The van der Waals surface area contributed by atoms with Gasteiger partial charge in [-0.2, -0.15) is 0 Å². The molecule has 8 nitrogen and oxygen atoms in total. The van der Waals surface area contributed by atoms with Gasteiger partial charge in [-0.3, -0.25) is 9.20 Å². The fraction of sp³-hybridized carbons (Fsp3) is 0.333. The first-order chi connectivity index (χ1) is 15.7. The smallest absolute Gasteiger partial charge is 0.266 e. The Hall–Kier alpha value is -3.68. The zero-order valence-electron chi connectivity index (χ0n) is 18.0. The Morgan fingerprint density at radius 3 is 2.69 bits per heavy atom. The summed E-state index contributed by atoms with van der Waals surface area (Å²) in [6.45, 7) is 3.69. The molecule has 0 aliphatic carbocycles. The van der Waals surface area contributed by atoms with Crippen LogP contribution in [0.4, 0.5) is 0 Å². The molecule has 0 radical (unpaired) electrons. The fourth-order valence-corrected chi connectivity index (χ4v) is 4.17. The van der Waals surface area contributed by atoms with E-state index >= 15 is 0 Å². The first kappa shape index (κ1) is 20.2. The molecule has 0 spiro atoms. The lowest BCUT2D eigenvalue weighted by Crippen LogP contribution is -2.38. The molecule has 1 aliphatic rings. The van der Waals surface area contributed by atoms with Gasteiger partial charge in [-0.15, -0.1) is 10.2 Å². The molecule has 3 aromatic heterocycles. The van der Waals surface area contributed by atoms with E-state index in [0.717, 1.165) is 35.6 Å². The van der Waals surface area contributed by atoms with Gasteiger partial charge < -0.3 is 14.1 Å². The number of aromatic nitrogens is 4. The van der Waals surface area contributed by atoms with E-state index in [-0.39, 0.29) is 11.8 Å². The van der Waals surface area contributed by atoms with E-state index in [1.807, 2.05) is 71.0 Å². The summed E-state index contributed by atoms with van der Waals surface area (Å²) in [5.74, 6) is 2.16. The molecular formula is C24H25N5O3. The van der Waals surface area contributed by atoms with Crippen LogP contribution in [0.1, 0.15) is 36.8 Å². The molecule has 0 atom stereocenters. The predicted molar refractivity (Wildman–Crippen MR) is 118 cm³/mol. The van der Waals surface area contributed by atoms with Gasteiger partial charge in [0.15, 0.2) is 0 Å². The largest absolute Gasteiger partial charge is 0.493 e. The van der Waals surface area contributed by atoms with E-state index in [1.54, 1.807) is 0 Å². The summed E-state index contributed by atoms with van der Waals surface area (Å²) in [5, 5.41) is 8.61. The normalized spacial score (nSPS) is 14.7. The Morgan fingerprint density at radius 1 is 1.09 bits per heavy atom. The summed E-state index contributed by atoms with van der Waals surface area (Å²) in [5.41, 5.74) is 2.53. The molecule has 32 heavy (non-hydrogen) atoms. The van der Waals surface area contributed by atoms with Crippen LogP contribution in [0.3, 0.4) is 0 Å². The molecule has 0 bridgehead atoms. The van der Waals surface area contributed by atoms with Crippen LogP contribution in [0.5, 0.6) is 5.75 Å². The number of carbonyl (C=O) groups is 1. The highest BCUT2D eigenvalue weighted by Gasteiger charge is 2.28. The Bertz CT molecular complexity index is 1210. The van der Waals surface area contributed by atoms with Gasteiger partial charge in [0.1, 0.15) is 17.1 Å². The second-order valence-electron chi connectivity index (χ2n) is 7.99. The van der Waals surface area contributed by atoms with Gasteiger partial charge >= 0.3 is 0 Å². The highest BCUT2D eigenvalue weighted by Crippen LogP contribution is 2.31. The first-order valence-corrected chi connectivity index (χ1v) is 10.9. The van der Waals surface area contributed by atoms with Crippen molar-refractivity contribution in [2.45, 2.75) is 32.1 Å². The number of carbonyl (C=O) groups excluding carboxylic acids is 1. The zero-order valence-corrected chi connectivity index (χ0v) is 18.0. The number of nitrogens with zero attached hydrogens (tertiary/aromatic N) is 5. The zero-order chi connectivity index (χ0) is 21.9. The lowest BCUT2D eigenvalue weighted by molar-refractivity contribution is -0.132. The van der Waals surface area contributed by atoms with E-state index in [9.17, 15) is 4.79 Å². The molecule has 5 rings (SSSR count). The van der Waals surface area contributed by atoms with Crippen molar-refractivity contribution in [2.24, 2.45) is 0 Å². The molecule has 4 heterocycles. The molecule has 0 N–H and O–H groups in total. The molecular weight excluding hydrogens is 406 g/mol. The Kier molecular flexibility index (Phi) is 5.58. The third-order valence-electron chi connectivity index (χ3n) is 5.87. The van der Waals surface area contributed by atoms with Crippen LogP contribution < -0.4 is 4.74 Å². The average molecular weight is 431 g/mol. The number of para-hydroxylation sites is 1. The third-order valence-corrected chi connectivity index (χ3v) is 5.87. The number of benzene rings is 1. The van der Waals surface area contributed by atoms with Crippen LogP contribution in [0.15, 0.2) is 59.1 Å². The van der Waals surface area contributed by atoms with Gasteiger partial charge in [0.05, 0.1) is 18.7 Å². The standard InChI is InChI=1S/C24H25N5O3/c1-17-22(29-13-6-5-9-20(29)25-17)24-27-26-23(32-24)18-10-14-28(15-11-18)21(30)12-16-31-19-7-3-2-4-8-19/h2-9,13,18H,10-12,14-16H2,1H3. The third kappa shape index (κ3) is 4.08. The van der Waals surface area contributed by atoms with E-state index in [1.165, 1.54) is 0 Å². The SMILES string of the molecule is Cc1nc2ccccn2c1-c1nnc(C2CCN(C(=O)CCOc3ccccc3)CC2)o1. The topological polar surface area (TPSA) is 85.8 Å². The maximum Gasteiger partial charge on any atom is 0.266 e. The monoisotopic (exact) mass is 431 g/mol. The summed E-state index contributed by atoms with van der Waals surface area (Å²) >= 11 is 0. The number of hydrogen-bond donors (Lipinski definition) is 0. The number of hydrogen-bond acceptors (Lipinski definition) is 6. The molecule has 0 unspecified atom stereocenters. The summed E-state index contributed by atoms with van der Waals surface area (Å²) < 4.78 is 13.7. The van der Waals surface area contributed by atoms with Crippen molar-refractivity contribution in [3.8, 4) is 17.3 Å². The lowest BCUT2D eigenvalue weighted by Gasteiger charge is -2.30. The molecule has 1 saturated heterocycles. The average Bonchev–Trinajstić information content (AvgIpc) is 3.43. The number of amides is 1. The molecule has 4 aromatic rings. The minimum absolute atomic E-state index is 0.118.